The van der Waals surface area contributed by atoms with E-state index in [1.807, 2.05) is 18.2 Å². The fourth-order valence-corrected chi connectivity index (χ4v) is 6.03. The maximum atomic E-state index is 15.4. The van der Waals surface area contributed by atoms with Crippen LogP contribution in [0.3, 0.4) is 0 Å². The van der Waals surface area contributed by atoms with E-state index in [-0.39, 0.29) is 37.1 Å². The second-order valence-corrected chi connectivity index (χ2v) is 13.3. The van der Waals surface area contributed by atoms with Gasteiger partial charge in [0.2, 0.25) is 5.91 Å². The highest BCUT2D eigenvalue weighted by atomic mass is 19.1. The largest absolute Gasteiger partial charge is 0.497 e. The lowest BCUT2D eigenvalue weighted by Crippen LogP contribution is -2.41. The molecule has 2 saturated carbocycles. The molecule has 2 amide bonds. The Kier molecular flexibility index (Phi) is 9.86. The third-order valence-corrected chi connectivity index (χ3v) is 9.57. The van der Waals surface area contributed by atoms with Crippen LogP contribution in [0.15, 0.2) is 97.2 Å². The fraction of sp³-hybridized carbons (Fsp3) is 0.268. The lowest BCUT2D eigenvalue weighted by molar-refractivity contribution is -0.132. The Labute approximate surface area is 305 Å². The highest BCUT2D eigenvalue weighted by molar-refractivity contribution is 6.14. The van der Waals surface area contributed by atoms with Gasteiger partial charge in [0, 0.05) is 29.8 Å². The molecule has 2 fully saturated rings. The van der Waals surface area contributed by atoms with Crippen molar-refractivity contribution >= 4 is 34.4 Å². The standard InChI is InChI=1S/C41H38FN3O8/c1-49-29-11-8-26(9-12-29)24-51-39(48)45-40(15-16-40)25-52-36-23-32-30(22-35(36)50-2)33(14-19-43-32)53-34-13-10-27(20-31(34)42)21-37(46)41(17-18-41)38(47)44-28-6-4-3-5-7-28/h3-14,19-20,22-23H,15-18,21,24-25H2,1-2H3,(H,44,47)(H,45,48). The van der Waals surface area contributed by atoms with E-state index in [4.69, 9.17) is 23.7 Å². The minimum Gasteiger partial charge on any atom is -0.497 e. The Hall–Kier alpha value is -6.17. The average Bonchev–Trinajstić information content (AvgIpc) is 4.11. The molecule has 2 aliphatic rings. The van der Waals surface area contributed by atoms with Crippen molar-refractivity contribution < 1.29 is 42.5 Å². The molecule has 2 N–H and O–H groups in total. The monoisotopic (exact) mass is 719 g/mol. The Morgan fingerprint density at radius 2 is 1.55 bits per heavy atom. The summed E-state index contributed by atoms with van der Waals surface area (Å²) in [5.41, 5.74) is 0.737. The van der Waals surface area contributed by atoms with Gasteiger partial charge < -0.3 is 34.3 Å². The van der Waals surface area contributed by atoms with Gasteiger partial charge in [-0.2, -0.15) is 0 Å². The van der Waals surface area contributed by atoms with E-state index < -0.39 is 22.9 Å². The molecule has 0 spiro atoms. The first-order valence-electron chi connectivity index (χ1n) is 17.2. The molecule has 0 saturated heterocycles. The van der Waals surface area contributed by atoms with Crippen LogP contribution in [0.5, 0.6) is 28.7 Å². The number of benzene rings is 4. The Balaban J connectivity index is 0.977. The minimum atomic E-state index is -1.10. The third-order valence-electron chi connectivity index (χ3n) is 9.57. The number of para-hydroxylation sites is 1. The van der Waals surface area contributed by atoms with Crippen LogP contribution in [-0.2, 0) is 27.4 Å². The highest BCUT2D eigenvalue weighted by Crippen LogP contribution is 2.48. The van der Waals surface area contributed by atoms with Gasteiger partial charge in [0.15, 0.2) is 28.8 Å². The third kappa shape index (κ3) is 8.01. The zero-order valence-electron chi connectivity index (χ0n) is 29.3. The SMILES string of the molecule is COc1ccc(COC(=O)NC2(COc3cc4nccc(Oc5ccc(CC(=O)C6(C(=O)Nc7ccccc7)CC6)cc5F)c4cc3OC)CC2)cc1. The summed E-state index contributed by atoms with van der Waals surface area (Å²) in [6.07, 6.45) is 3.27. The number of rotatable bonds is 15. The lowest BCUT2D eigenvalue weighted by Gasteiger charge is -2.20. The zero-order chi connectivity index (χ0) is 37.0. The number of Topliss-reactive ketones (excluding diaryl/α,β-unsaturated/α-hetero) is 1. The summed E-state index contributed by atoms with van der Waals surface area (Å²) >= 11 is 0. The quantitative estimate of drug-likeness (QED) is 0.105. The number of nitrogens with one attached hydrogen (secondary N) is 2. The molecule has 2 aliphatic carbocycles. The van der Waals surface area contributed by atoms with Gasteiger partial charge in [-0.1, -0.05) is 36.4 Å². The van der Waals surface area contributed by atoms with E-state index in [1.54, 1.807) is 67.8 Å². The van der Waals surface area contributed by atoms with E-state index in [2.05, 4.69) is 15.6 Å². The summed E-state index contributed by atoms with van der Waals surface area (Å²) in [7, 11) is 3.09. The summed E-state index contributed by atoms with van der Waals surface area (Å²) in [6, 6.07) is 25.6. The van der Waals surface area contributed by atoms with E-state index in [9.17, 15) is 14.4 Å². The number of nitrogens with zero attached hydrogens (tertiary/aromatic N) is 1. The molecule has 272 valence electrons. The Morgan fingerprint density at radius 3 is 2.23 bits per heavy atom. The number of ketones is 1. The van der Waals surface area contributed by atoms with E-state index in [1.165, 1.54) is 25.4 Å². The van der Waals surface area contributed by atoms with Crippen molar-refractivity contribution in [2.45, 2.75) is 44.2 Å². The molecule has 1 heterocycles. The van der Waals surface area contributed by atoms with Crippen molar-refractivity contribution in [3.63, 3.8) is 0 Å². The minimum absolute atomic E-state index is 0.0448. The van der Waals surface area contributed by atoms with Crippen molar-refractivity contribution in [3.05, 3.63) is 114 Å². The summed E-state index contributed by atoms with van der Waals surface area (Å²) in [5.74, 6) is 0.563. The van der Waals surface area contributed by atoms with E-state index in [0.717, 1.165) is 24.2 Å². The molecule has 4 aromatic carbocycles. The van der Waals surface area contributed by atoms with Gasteiger partial charge >= 0.3 is 6.09 Å². The molecule has 0 atom stereocenters. The summed E-state index contributed by atoms with van der Waals surface area (Å²) in [6.45, 7) is 0.299. The number of halogens is 1. The normalized spacial score (nSPS) is 14.8. The van der Waals surface area contributed by atoms with Gasteiger partial charge in [0.05, 0.1) is 25.3 Å². The van der Waals surface area contributed by atoms with Crippen LogP contribution in [0.1, 0.15) is 36.8 Å². The van der Waals surface area contributed by atoms with Gasteiger partial charge in [0.1, 0.15) is 30.1 Å². The van der Waals surface area contributed by atoms with Crippen LogP contribution in [0.2, 0.25) is 0 Å². The topological polar surface area (TPSA) is 134 Å². The first kappa shape index (κ1) is 35.2. The number of hydrogen-bond acceptors (Lipinski definition) is 9. The molecular weight excluding hydrogens is 681 g/mol. The molecule has 0 bridgehead atoms. The van der Waals surface area contributed by atoms with Crippen LogP contribution in [0, 0.1) is 11.2 Å². The molecule has 0 unspecified atom stereocenters. The average molecular weight is 720 g/mol. The van der Waals surface area contributed by atoms with Gasteiger partial charge in [-0.3, -0.25) is 14.6 Å². The van der Waals surface area contributed by atoms with Crippen LogP contribution >= 0.6 is 0 Å². The number of anilines is 1. The van der Waals surface area contributed by atoms with Gasteiger partial charge in [-0.25, -0.2) is 9.18 Å². The molecule has 5 aromatic rings. The molecule has 1 aromatic heterocycles. The van der Waals surface area contributed by atoms with Crippen LogP contribution in [-0.4, -0.2) is 49.1 Å². The fourth-order valence-electron chi connectivity index (χ4n) is 6.03. The molecule has 12 heteroatoms. The number of amides is 2. The van der Waals surface area contributed by atoms with Crippen molar-refractivity contribution in [1.29, 1.82) is 0 Å². The van der Waals surface area contributed by atoms with Crippen LogP contribution < -0.4 is 29.6 Å². The predicted molar refractivity (Wildman–Crippen MR) is 194 cm³/mol. The van der Waals surface area contributed by atoms with Crippen molar-refractivity contribution in [3.8, 4) is 28.7 Å². The number of carbonyl (C=O) groups is 3. The van der Waals surface area contributed by atoms with Gasteiger partial charge in [0.25, 0.3) is 0 Å². The van der Waals surface area contributed by atoms with Crippen molar-refractivity contribution in [2.75, 3.05) is 26.1 Å². The molecule has 53 heavy (non-hydrogen) atoms. The number of ether oxygens (including phenoxy) is 5. The maximum Gasteiger partial charge on any atom is 0.408 e. The predicted octanol–water partition coefficient (Wildman–Crippen LogP) is 7.55. The molecule has 7 rings (SSSR count). The molecule has 0 aliphatic heterocycles. The number of methoxy groups -OCH3 is 2. The number of aromatic nitrogens is 1. The van der Waals surface area contributed by atoms with E-state index in [0.29, 0.717) is 52.2 Å². The maximum absolute atomic E-state index is 15.4. The number of carbonyl (C=O) groups excluding carboxylic acids is 3. The van der Waals surface area contributed by atoms with E-state index >= 15 is 4.39 Å². The highest BCUT2D eigenvalue weighted by Gasteiger charge is 2.55. The first-order valence-corrected chi connectivity index (χ1v) is 17.2. The molecular formula is C41H38FN3O8. The Morgan fingerprint density at radius 1 is 0.792 bits per heavy atom. The summed E-state index contributed by atoms with van der Waals surface area (Å²) in [5, 5.41) is 6.30. The molecule has 11 nitrogen and oxygen atoms in total. The summed E-state index contributed by atoms with van der Waals surface area (Å²) < 4.78 is 43.8. The number of fused-ring (bicyclic) bond motifs is 1. The van der Waals surface area contributed by atoms with Crippen LogP contribution in [0.4, 0.5) is 14.9 Å². The van der Waals surface area contributed by atoms with Crippen molar-refractivity contribution in [2.24, 2.45) is 5.41 Å². The van der Waals surface area contributed by atoms with Crippen LogP contribution in [0.25, 0.3) is 10.9 Å². The smallest absolute Gasteiger partial charge is 0.408 e. The number of hydrogen-bond donors (Lipinski definition) is 2. The summed E-state index contributed by atoms with van der Waals surface area (Å²) in [4.78, 5) is 43.2. The number of pyridine rings is 1. The second-order valence-electron chi connectivity index (χ2n) is 13.3. The van der Waals surface area contributed by atoms with Gasteiger partial charge in [-0.05, 0) is 85.3 Å². The van der Waals surface area contributed by atoms with Crippen molar-refractivity contribution in [1.82, 2.24) is 10.3 Å². The first-order chi connectivity index (χ1) is 25.7. The zero-order valence-corrected chi connectivity index (χ0v) is 29.3. The Bertz CT molecular complexity index is 2150. The lowest BCUT2D eigenvalue weighted by atomic mass is 9.94. The second kappa shape index (κ2) is 14.8. The molecule has 0 radical (unpaired) electrons. The van der Waals surface area contributed by atoms with Gasteiger partial charge in [-0.15, -0.1) is 0 Å². The number of alkyl carbamates (subject to hydrolysis) is 1.